The van der Waals surface area contributed by atoms with E-state index in [1.54, 1.807) is 17.2 Å². The maximum Gasteiger partial charge on any atom is 0.266 e. The molecule has 7 heteroatoms. The lowest BCUT2D eigenvalue weighted by Gasteiger charge is -2.12. The van der Waals surface area contributed by atoms with Gasteiger partial charge in [0.25, 0.3) is 5.91 Å². The molecule has 2 heterocycles. The third-order valence-corrected chi connectivity index (χ3v) is 5.89. The first kappa shape index (κ1) is 19.8. The SMILES string of the molecule is O=C1/C(=C/c2ccc(OCc3ccc(Cl)cc3)cc2)SC(=S)N1Cc1ccco1. The fourth-order valence-corrected chi connectivity index (χ4v) is 4.13. The number of thioether (sulfide) groups is 1. The standard InChI is InChI=1S/C22H16ClNO3S2/c23-17-7-3-16(4-8-17)14-27-18-9-5-15(6-10-18)12-20-21(25)24(22(28)29-20)13-19-2-1-11-26-19/h1-12H,13-14H2/b20-12-. The molecule has 0 bridgehead atoms. The van der Waals surface area contributed by atoms with Gasteiger partial charge >= 0.3 is 0 Å². The van der Waals surface area contributed by atoms with Gasteiger partial charge in [0.05, 0.1) is 17.7 Å². The summed E-state index contributed by atoms with van der Waals surface area (Å²) >= 11 is 12.5. The monoisotopic (exact) mass is 441 g/mol. The van der Waals surface area contributed by atoms with Gasteiger partial charge in [-0.2, -0.15) is 0 Å². The normalized spacial score (nSPS) is 15.3. The lowest BCUT2D eigenvalue weighted by molar-refractivity contribution is -0.122. The van der Waals surface area contributed by atoms with Crippen molar-refractivity contribution in [1.29, 1.82) is 0 Å². The zero-order valence-corrected chi connectivity index (χ0v) is 17.6. The zero-order chi connectivity index (χ0) is 20.2. The molecular weight excluding hydrogens is 426 g/mol. The van der Waals surface area contributed by atoms with Gasteiger partial charge in [-0.15, -0.1) is 0 Å². The van der Waals surface area contributed by atoms with Gasteiger partial charge in [0.15, 0.2) is 0 Å². The number of hydrogen-bond donors (Lipinski definition) is 0. The molecule has 1 aliphatic heterocycles. The molecule has 29 heavy (non-hydrogen) atoms. The summed E-state index contributed by atoms with van der Waals surface area (Å²) in [6, 6.07) is 18.7. The Labute approximate surface area is 183 Å². The van der Waals surface area contributed by atoms with Crippen molar-refractivity contribution in [3.8, 4) is 5.75 Å². The second-order valence-corrected chi connectivity index (χ2v) is 8.44. The van der Waals surface area contributed by atoms with Crippen LogP contribution in [0, 0.1) is 0 Å². The van der Waals surface area contributed by atoms with E-state index in [1.807, 2.05) is 60.7 Å². The fraction of sp³-hybridized carbons (Fsp3) is 0.0909. The number of ether oxygens (including phenoxy) is 1. The summed E-state index contributed by atoms with van der Waals surface area (Å²) in [5.74, 6) is 1.34. The first-order chi connectivity index (χ1) is 14.1. The first-order valence-electron chi connectivity index (χ1n) is 8.83. The molecule has 4 rings (SSSR count). The van der Waals surface area contributed by atoms with Gasteiger partial charge in [-0.05, 0) is 53.6 Å². The number of nitrogens with zero attached hydrogens (tertiary/aromatic N) is 1. The van der Waals surface area contributed by atoms with E-state index in [1.165, 1.54) is 11.8 Å². The number of carbonyl (C=O) groups is 1. The van der Waals surface area contributed by atoms with Crippen LogP contribution in [0.1, 0.15) is 16.9 Å². The molecule has 0 atom stereocenters. The molecule has 1 fully saturated rings. The highest BCUT2D eigenvalue weighted by Gasteiger charge is 2.32. The average molecular weight is 442 g/mol. The van der Waals surface area contributed by atoms with Crippen molar-refractivity contribution in [1.82, 2.24) is 4.90 Å². The zero-order valence-electron chi connectivity index (χ0n) is 15.2. The Hall–Kier alpha value is -2.54. The number of hydrogen-bond acceptors (Lipinski definition) is 5. The Kier molecular flexibility index (Phi) is 6.04. The second kappa shape index (κ2) is 8.86. The summed E-state index contributed by atoms with van der Waals surface area (Å²) in [5.41, 5.74) is 1.95. The van der Waals surface area contributed by atoms with Crippen molar-refractivity contribution >= 4 is 51.9 Å². The molecule has 1 saturated heterocycles. The fourth-order valence-electron chi connectivity index (χ4n) is 2.75. The largest absolute Gasteiger partial charge is 0.489 e. The summed E-state index contributed by atoms with van der Waals surface area (Å²) in [7, 11) is 0. The van der Waals surface area contributed by atoms with Crippen molar-refractivity contribution in [3.05, 3.63) is 93.7 Å². The number of amides is 1. The van der Waals surface area contributed by atoms with E-state index >= 15 is 0 Å². The number of halogens is 1. The predicted octanol–water partition coefficient (Wildman–Crippen LogP) is 5.91. The van der Waals surface area contributed by atoms with Gasteiger partial charge in [-0.3, -0.25) is 9.69 Å². The van der Waals surface area contributed by atoms with E-state index in [2.05, 4.69) is 0 Å². The van der Waals surface area contributed by atoms with Crippen LogP contribution in [0.5, 0.6) is 5.75 Å². The molecule has 0 unspecified atom stereocenters. The quantitative estimate of drug-likeness (QED) is 0.351. The number of rotatable bonds is 6. The highest BCUT2D eigenvalue weighted by atomic mass is 35.5. The Morgan fingerprint density at radius 2 is 1.86 bits per heavy atom. The van der Waals surface area contributed by atoms with Crippen molar-refractivity contribution in [2.24, 2.45) is 0 Å². The Morgan fingerprint density at radius 1 is 1.10 bits per heavy atom. The molecule has 0 aliphatic carbocycles. The third kappa shape index (κ3) is 4.90. The maximum absolute atomic E-state index is 12.7. The number of thiocarbonyl (C=S) groups is 1. The molecule has 2 aromatic carbocycles. The molecule has 1 aliphatic rings. The Balaban J connectivity index is 1.39. The highest BCUT2D eigenvalue weighted by Crippen LogP contribution is 2.33. The number of carbonyl (C=O) groups excluding carboxylic acids is 1. The van der Waals surface area contributed by atoms with E-state index < -0.39 is 0 Å². The van der Waals surface area contributed by atoms with Crippen LogP contribution in [0.25, 0.3) is 6.08 Å². The minimum atomic E-state index is -0.112. The summed E-state index contributed by atoms with van der Waals surface area (Å²) in [6.45, 7) is 0.800. The lowest BCUT2D eigenvalue weighted by Crippen LogP contribution is -2.27. The number of furan rings is 1. The van der Waals surface area contributed by atoms with Crippen molar-refractivity contribution in [2.45, 2.75) is 13.2 Å². The van der Waals surface area contributed by atoms with Crippen LogP contribution >= 0.6 is 35.6 Å². The summed E-state index contributed by atoms with van der Waals surface area (Å²) in [6.07, 6.45) is 3.42. The summed E-state index contributed by atoms with van der Waals surface area (Å²) in [5, 5.41) is 0.702. The van der Waals surface area contributed by atoms with Crippen molar-refractivity contribution in [3.63, 3.8) is 0 Å². The van der Waals surface area contributed by atoms with E-state index in [0.29, 0.717) is 33.2 Å². The topological polar surface area (TPSA) is 42.7 Å². The van der Waals surface area contributed by atoms with Gasteiger partial charge in [0.1, 0.15) is 22.4 Å². The smallest absolute Gasteiger partial charge is 0.266 e. The minimum absolute atomic E-state index is 0.112. The van der Waals surface area contributed by atoms with Crippen molar-refractivity contribution in [2.75, 3.05) is 0 Å². The summed E-state index contributed by atoms with van der Waals surface area (Å²) < 4.78 is 11.6. The van der Waals surface area contributed by atoms with Crippen LogP contribution in [-0.4, -0.2) is 15.1 Å². The van der Waals surface area contributed by atoms with Gasteiger partial charge < -0.3 is 9.15 Å². The Morgan fingerprint density at radius 3 is 2.55 bits per heavy atom. The van der Waals surface area contributed by atoms with E-state index in [4.69, 9.17) is 33.0 Å². The van der Waals surface area contributed by atoms with Gasteiger partial charge in [-0.25, -0.2) is 0 Å². The van der Waals surface area contributed by atoms with Crippen LogP contribution < -0.4 is 4.74 Å². The number of benzene rings is 2. The minimum Gasteiger partial charge on any atom is -0.489 e. The molecule has 0 N–H and O–H groups in total. The van der Waals surface area contributed by atoms with Crippen LogP contribution in [0.2, 0.25) is 5.02 Å². The molecule has 146 valence electrons. The molecule has 0 radical (unpaired) electrons. The maximum atomic E-state index is 12.7. The molecule has 0 saturated carbocycles. The van der Waals surface area contributed by atoms with E-state index in [9.17, 15) is 4.79 Å². The Bertz CT molecular complexity index is 1040. The average Bonchev–Trinajstić information content (AvgIpc) is 3.33. The van der Waals surface area contributed by atoms with Gasteiger partial charge in [0.2, 0.25) is 0 Å². The molecular formula is C22H16ClNO3S2. The van der Waals surface area contributed by atoms with E-state index in [-0.39, 0.29) is 5.91 Å². The van der Waals surface area contributed by atoms with Gasteiger partial charge in [0, 0.05) is 5.02 Å². The van der Waals surface area contributed by atoms with Crippen LogP contribution in [-0.2, 0) is 17.9 Å². The highest BCUT2D eigenvalue weighted by molar-refractivity contribution is 8.26. The molecule has 0 spiro atoms. The summed E-state index contributed by atoms with van der Waals surface area (Å²) in [4.78, 5) is 14.8. The van der Waals surface area contributed by atoms with Crippen LogP contribution in [0.15, 0.2) is 76.2 Å². The second-order valence-electron chi connectivity index (χ2n) is 6.33. The molecule has 3 aromatic rings. The van der Waals surface area contributed by atoms with Gasteiger partial charge in [-0.1, -0.05) is 59.8 Å². The van der Waals surface area contributed by atoms with Crippen LogP contribution in [0.4, 0.5) is 0 Å². The lowest BCUT2D eigenvalue weighted by atomic mass is 10.2. The molecule has 1 amide bonds. The molecule has 4 nitrogen and oxygen atoms in total. The molecule has 1 aromatic heterocycles. The van der Waals surface area contributed by atoms with Crippen molar-refractivity contribution < 1.29 is 13.9 Å². The predicted molar refractivity (Wildman–Crippen MR) is 120 cm³/mol. The third-order valence-electron chi connectivity index (χ3n) is 4.26. The van der Waals surface area contributed by atoms with E-state index in [0.717, 1.165) is 16.9 Å². The van der Waals surface area contributed by atoms with Crippen LogP contribution in [0.3, 0.4) is 0 Å². The first-order valence-corrected chi connectivity index (χ1v) is 10.4.